The minimum absolute atomic E-state index is 0.605. The van der Waals surface area contributed by atoms with Gasteiger partial charge in [-0.1, -0.05) is 0 Å². The third-order valence-corrected chi connectivity index (χ3v) is 3.96. The van der Waals surface area contributed by atoms with E-state index < -0.39 is 0 Å². The average Bonchev–Trinajstić information content (AvgIpc) is 3.05. The fourth-order valence-electron chi connectivity index (χ4n) is 1.95. The molecule has 0 unspecified atom stereocenters. The number of hydrogen-bond acceptors (Lipinski definition) is 6. The van der Waals surface area contributed by atoms with Gasteiger partial charge < -0.3 is 10.6 Å². The summed E-state index contributed by atoms with van der Waals surface area (Å²) in [6.07, 6.45) is 1.74. The molecule has 6 nitrogen and oxygen atoms in total. The standard InChI is InChI=1S/C13H16N6S/c1-3-14-13-17-11(10-5-16-19-12(10)18-13)15-4-9-7-20-6-8(9)2/h5-7H,3-4H2,1-2H3,(H3,14,15,16,17,18,19). The number of fused-ring (bicyclic) bond motifs is 1. The fraction of sp³-hybridized carbons (Fsp3) is 0.308. The van der Waals surface area contributed by atoms with Crippen LogP contribution in [0.2, 0.25) is 0 Å². The van der Waals surface area contributed by atoms with E-state index >= 15 is 0 Å². The molecule has 0 aliphatic carbocycles. The Morgan fingerprint density at radius 3 is 2.90 bits per heavy atom. The minimum atomic E-state index is 0.605. The van der Waals surface area contributed by atoms with E-state index in [0.717, 1.165) is 29.9 Å². The maximum absolute atomic E-state index is 4.50. The molecule has 3 aromatic heterocycles. The van der Waals surface area contributed by atoms with Gasteiger partial charge in [0.25, 0.3) is 0 Å². The number of thiophene rings is 1. The molecular formula is C13H16N6S. The van der Waals surface area contributed by atoms with Gasteiger partial charge >= 0.3 is 0 Å². The first-order valence-corrected chi connectivity index (χ1v) is 7.42. The number of hydrogen-bond donors (Lipinski definition) is 3. The summed E-state index contributed by atoms with van der Waals surface area (Å²) in [4.78, 5) is 8.87. The van der Waals surface area contributed by atoms with Gasteiger partial charge in [0, 0.05) is 13.1 Å². The normalized spacial score (nSPS) is 10.9. The number of nitrogens with zero attached hydrogens (tertiary/aromatic N) is 3. The van der Waals surface area contributed by atoms with E-state index in [-0.39, 0.29) is 0 Å². The van der Waals surface area contributed by atoms with Crippen molar-refractivity contribution in [2.75, 3.05) is 17.2 Å². The van der Waals surface area contributed by atoms with Crippen molar-refractivity contribution in [1.82, 2.24) is 20.2 Å². The zero-order valence-electron chi connectivity index (χ0n) is 11.4. The molecular weight excluding hydrogens is 272 g/mol. The van der Waals surface area contributed by atoms with Crippen LogP contribution in [0.15, 0.2) is 17.0 Å². The Kier molecular flexibility index (Phi) is 3.51. The fourth-order valence-corrected chi connectivity index (χ4v) is 2.81. The summed E-state index contributed by atoms with van der Waals surface area (Å²) in [7, 11) is 0. The van der Waals surface area contributed by atoms with Crippen LogP contribution in [0, 0.1) is 6.92 Å². The summed E-state index contributed by atoms with van der Waals surface area (Å²) >= 11 is 1.71. The van der Waals surface area contributed by atoms with Crippen LogP contribution < -0.4 is 10.6 Å². The Hall–Kier alpha value is -2.15. The van der Waals surface area contributed by atoms with Gasteiger partial charge in [-0.2, -0.15) is 26.4 Å². The molecule has 0 amide bonds. The Morgan fingerprint density at radius 1 is 1.25 bits per heavy atom. The number of rotatable bonds is 5. The monoisotopic (exact) mass is 288 g/mol. The SMILES string of the molecule is CCNc1nc(NCc2cscc2C)c2cn[nH]c2n1. The van der Waals surface area contributed by atoms with E-state index in [1.807, 2.05) is 6.92 Å². The Bertz CT molecular complexity index is 717. The maximum Gasteiger partial charge on any atom is 0.226 e. The van der Waals surface area contributed by atoms with Crippen molar-refractivity contribution in [3.05, 3.63) is 28.1 Å². The van der Waals surface area contributed by atoms with Gasteiger partial charge in [-0.15, -0.1) is 0 Å². The average molecular weight is 288 g/mol. The van der Waals surface area contributed by atoms with Crippen molar-refractivity contribution in [2.24, 2.45) is 0 Å². The highest BCUT2D eigenvalue weighted by atomic mass is 32.1. The molecule has 3 heterocycles. The summed E-state index contributed by atoms with van der Waals surface area (Å²) in [6.45, 7) is 5.66. The van der Waals surface area contributed by atoms with Crippen molar-refractivity contribution < 1.29 is 0 Å². The molecule has 3 rings (SSSR count). The minimum Gasteiger partial charge on any atom is -0.365 e. The predicted octanol–water partition coefficient (Wildman–Crippen LogP) is 2.77. The van der Waals surface area contributed by atoms with Crippen LogP contribution in [-0.4, -0.2) is 26.7 Å². The number of anilines is 2. The molecule has 7 heteroatoms. The van der Waals surface area contributed by atoms with Crippen molar-refractivity contribution in [2.45, 2.75) is 20.4 Å². The smallest absolute Gasteiger partial charge is 0.226 e. The van der Waals surface area contributed by atoms with Crippen LogP contribution in [0.1, 0.15) is 18.1 Å². The van der Waals surface area contributed by atoms with Gasteiger partial charge in [0.05, 0.1) is 11.6 Å². The second-order valence-electron chi connectivity index (χ2n) is 4.49. The highest BCUT2D eigenvalue weighted by Gasteiger charge is 2.09. The predicted molar refractivity (Wildman–Crippen MR) is 82.2 cm³/mol. The van der Waals surface area contributed by atoms with Crippen LogP contribution in [0.3, 0.4) is 0 Å². The molecule has 0 aliphatic heterocycles. The summed E-state index contributed by atoms with van der Waals surface area (Å²) in [6, 6.07) is 0. The highest BCUT2D eigenvalue weighted by molar-refractivity contribution is 7.08. The summed E-state index contributed by atoms with van der Waals surface area (Å²) < 4.78 is 0. The molecule has 0 radical (unpaired) electrons. The number of H-pyrrole nitrogens is 1. The molecule has 104 valence electrons. The van der Waals surface area contributed by atoms with Crippen molar-refractivity contribution >= 4 is 34.1 Å². The van der Waals surface area contributed by atoms with Gasteiger partial charge in [-0.3, -0.25) is 5.10 Å². The lowest BCUT2D eigenvalue weighted by Gasteiger charge is -2.08. The van der Waals surface area contributed by atoms with Crippen LogP contribution in [0.5, 0.6) is 0 Å². The van der Waals surface area contributed by atoms with Crippen LogP contribution in [0.25, 0.3) is 11.0 Å². The molecule has 0 atom stereocenters. The van der Waals surface area contributed by atoms with Crippen LogP contribution >= 0.6 is 11.3 Å². The highest BCUT2D eigenvalue weighted by Crippen LogP contribution is 2.22. The summed E-state index contributed by atoms with van der Waals surface area (Å²) in [5.74, 6) is 1.40. The van der Waals surface area contributed by atoms with Gasteiger partial charge in [0.1, 0.15) is 5.82 Å². The van der Waals surface area contributed by atoms with Crippen molar-refractivity contribution in [1.29, 1.82) is 0 Å². The molecule has 0 saturated heterocycles. The van der Waals surface area contributed by atoms with E-state index in [9.17, 15) is 0 Å². The van der Waals surface area contributed by atoms with Crippen molar-refractivity contribution in [3.8, 4) is 0 Å². The lowest BCUT2D eigenvalue weighted by molar-refractivity contribution is 1.05. The van der Waals surface area contributed by atoms with Gasteiger partial charge in [0.2, 0.25) is 5.95 Å². The number of aromatic nitrogens is 4. The Morgan fingerprint density at radius 2 is 2.15 bits per heavy atom. The quantitative estimate of drug-likeness (QED) is 0.673. The maximum atomic E-state index is 4.50. The molecule has 0 bridgehead atoms. The van der Waals surface area contributed by atoms with Gasteiger partial charge in [-0.05, 0) is 35.7 Å². The number of aryl methyl sites for hydroxylation is 1. The lowest BCUT2D eigenvalue weighted by Crippen LogP contribution is -2.07. The Balaban J connectivity index is 1.89. The molecule has 3 N–H and O–H groups in total. The third-order valence-electron chi connectivity index (χ3n) is 3.05. The lowest BCUT2D eigenvalue weighted by atomic mass is 10.2. The van der Waals surface area contributed by atoms with E-state index in [1.165, 1.54) is 11.1 Å². The molecule has 0 saturated carbocycles. The first-order chi connectivity index (χ1) is 9.78. The second kappa shape index (κ2) is 5.46. The zero-order chi connectivity index (χ0) is 13.9. The van der Waals surface area contributed by atoms with Crippen LogP contribution in [0.4, 0.5) is 11.8 Å². The van der Waals surface area contributed by atoms with E-state index in [2.05, 4.69) is 48.5 Å². The van der Waals surface area contributed by atoms with Crippen molar-refractivity contribution in [3.63, 3.8) is 0 Å². The van der Waals surface area contributed by atoms with Gasteiger partial charge in [-0.25, -0.2) is 0 Å². The first-order valence-electron chi connectivity index (χ1n) is 6.48. The second-order valence-corrected chi connectivity index (χ2v) is 5.24. The number of aromatic amines is 1. The van der Waals surface area contributed by atoms with E-state index in [1.54, 1.807) is 17.5 Å². The van der Waals surface area contributed by atoms with Gasteiger partial charge in [0.15, 0.2) is 5.65 Å². The largest absolute Gasteiger partial charge is 0.365 e. The van der Waals surface area contributed by atoms with E-state index in [0.29, 0.717) is 5.95 Å². The van der Waals surface area contributed by atoms with Crippen LogP contribution in [-0.2, 0) is 6.54 Å². The molecule has 0 fully saturated rings. The summed E-state index contributed by atoms with van der Waals surface area (Å²) in [5.41, 5.74) is 3.32. The molecule has 3 aromatic rings. The number of nitrogens with one attached hydrogen (secondary N) is 3. The topological polar surface area (TPSA) is 78.5 Å². The first kappa shape index (κ1) is 12.9. The molecule has 0 aliphatic rings. The molecule has 0 aromatic carbocycles. The molecule has 20 heavy (non-hydrogen) atoms. The molecule has 0 spiro atoms. The van der Waals surface area contributed by atoms with E-state index in [4.69, 9.17) is 0 Å². The zero-order valence-corrected chi connectivity index (χ0v) is 12.2. The summed E-state index contributed by atoms with van der Waals surface area (Å²) in [5, 5.41) is 18.6. The Labute approximate surface area is 120 Å². The third kappa shape index (κ3) is 2.44.